The normalized spacial score (nSPS) is 9.40. The van der Waals surface area contributed by atoms with Crippen molar-refractivity contribution in [1.29, 1.82) is 0 Å². The molecule has 0 bridgehead atoms. The molecular formula is C6H5IO2S. The largest absolute Gasteiger partial charge is 0.465 e. The third-order valence-electron chi connectivity index (χ3n) is 0.954. The highest BCUT2D eigenvalue weighted by Crippen LogP contribution is 2.16. The molecule has 0 N–H and O–H groups in total. The molecule has 0 atom stereocenters. The van der Waals surface area contributed by atoms with Crippen LogP contribution in [-0.2, 0) is 4.74 Å². The number of halogens is 1. The van der Waals surface area contributed by atoms with Crippen LogP contribution in [0.3, 0.4) is 0 Å². The van der Waals surface area contributed by atoms with Gasteiger partial charge in [-0.25, -0.2) is 4.79 Å². The number of carbonyl (C=O) groups is 1. The third kappa shape index (κ3) is 1.69. The van der Waals surface area contributed by atoms with Crippen molar-refractivity contribution in [3.05, 3.63) is 19.9 Å². The SMILES string of the molecule is COC(=O)c1cc(I)cs1. The van der Waals surface area contributed by atoms with Crippen LogP contribution >= 0.6 is 33.9 Å². The molecule has 10 heavy (non-hydrogen) atoms. The standard InChI is InChI=1S/C6H5IO2S/c1-9-6(8)5-2-4(7)3-10-5/h2-3H,1H3. The van der Waals surface area contributed by atoms with Gasteiger partial charge in [0, 0.05) is 8.95 Å². The van der Waals surface area contributed by atoms with Gasteiger partial charge in [-0.05, 0) is 28.7 Å². The van der Waals surface area contributed by atoms with E-state index in [2.05, 4.69) is 27.3 Å². The lowest BCUT2D eigenvalue weighted by Gasteiger charge is -1.90. The van der Waals surface area contributed by atoms with Crippen molar-refractivity contribution in [2.24, 2.45) is 0 Å². The highest BCUT2D eigenvalue weighted by Gasteiger charge is 2.06. The number of methoxy groups -OCH3 is 1. The maximum absolute atomic E-state index is 10.8. The molecule has 0 unspecified atom stereocenters. The lowest BCUT2D eigenvalue weighted by atomic mass is 10.5. The van der Waals surface area contributed by atoms with Crippen LogP contribution in [-0.4, -0.2) is 13.1 Å². The van der Waals surface area contributed by atoms with Gasteiger partial charge in [0.25, 0.3) is 0 Å². The first-order valence-corrected chi connectivity index (χ1v) is 4.52. The molecule has 0 fully saturated rings. The summed E-state index contributed by atoms with van der Waals surface area (Å²) in [5.74, 6) is -0.257. The van der Waals surface area contributed by atoms with Gasteiger partial charge in [-0.3, -0.25) is 0 Å². The topological polar surface area (TPSA) is 26.3 Å². The molecule has 54 valence electrons. The van der Waals surface area contributed by atoms with E-state index in [0.717, 1.165) is 3.57 Å². The zero-order valence-electron chi connectivity index (χ0n) is 5.26. The zero-order valence-corrected chi connectivity index (χ0v) is 8.23. The molecule has 2 nitrogen and oxygen atoms in total. The summed E-state index contributed by atoms with van der Waals surface area (Å²) >= 11 is 3.55. The Morgan fingerprint density at radius 2 is 2.50 bits per heavy atom. The number of esters is 1. The highest BCUT2D eigenvalue weighted by molar-refractivity contribution is 14.1. The van der Waals surface area contributed by atoms with Crippen molar-refractivity contribution >= 4 is 39.9 Å². The van der Waals surface area contributed by atoms with Gasteiger partial charge in [0.2, 0.25) is 0 Å². The van der Waals surface area contributed by atoms with Crippen molar-refractivity contribution in [2.45, 2.75) is 0 Å². The van der Waals surface area contributed by atoms with Crippen molar-refractivity contribution in [1.82, 2.24) is 0 Å². The summed E-state index contributed by atoms with van der Waals surface area (Å²) in [7, 11) is 1.38. The van der Waals surface area contributed by atoms with Gasteiger partial charge in [0.05, 0.1) is 7.11 Å². The van der Waals surface area contributed by atoms with Crippen LogP contribution in [0.1, 0.15) is 9.67 Å². The molecule has 0 aliphatic carbocycles. The quantitative estimate of drug-likeness (QED) is 0.576. The summed E-state index contributed by atoms with van der Waals surface area (Å²) in [4.78, 5) is 11.5. The Morgan fingerprint density at radius 1 is 1.80 bits per heavy atom. The number of ether oxygens (including phenoxy) is 1. The summed E-state index contributed by atoms with van der Waals surface area (Å²) in [5.41, 5.74) is 0. The molecule has 1 heterocycles. The summed E-state index contributed by atoms with van der Waals surface area (Å²) in [6.45, 7) is 0. The van der Waals surface area contributed by atoms with Gasteiger partial charge in [0.15, 0.2) is 0 Å². The van der Waals surface area contributed by atoms with Crippen LogP contribution < -0.4 is 0 Å². The molecule has 0 amide bonds. The zero-order chi connectivity index (χ0) is 7.56. The second-order valence-electron chi connectivity index (χ2n) is 1.62. The Kier molecular flexibility index (Phi) is 2.67. The van der Waals surface area contributed by atoms with Gasteiger partial charge in [-0.1, -0.05) is 0 Å². The second kappa shape index (κ2) is 3.34. The van der Waals surface area contributed by atoms with Crippen LogP contribution in [0.15, 0.2) is 11.4 Å². The lowest BCUT2D eigenvalue weighted by molar-refractivity contribution is 0.0606. The molecule has 1 aromatic rings. The molecule has 0 aliphatic heterocycles. The minimum absolute atomic E-state index is 0.257. The summed E-state index contributed by atoms with van der Waals surface area (Å²) in [5, 5.41) is 1.91. The van der Waals surface area contributed by atoms with Crippen LogP contribution in [0.2, 0.25) is 0 Å². The van der Waals surface area contributed by atoms with E-state index in [1.165, 1.54) is 18.4 Å². The second-order valence-corrected chi connectivity index (χ2v) is 3.78. The van der Waals surface area contributed by atoms with Crippen molar-refractivity contribution in [3.63, 3.8) is 0 Å². The van der Waals surface area contributed by atoms with E-state index in [1.54, 1.807) is 6.07 Å². The van der Waals surface area contributed by atoms with Crippen molar-refractivity contribution in [3.8, 4) is 0 Å². The van der Waals surface area contributed by atoms with E-state index in [0.29, 0.717) is 4.88 Å². The summed E-state index contributed by atoms with van der Waals surface area (Å²) in [6, 6.07) is 1.80. The number of hydrogen-bond acceptors (Lipinski definition) is 3. The average Bonchev–Trinajstić information content (AvgIpc) is 2.34. The summed E-state index contributed by atoms with van der Waals surface area (Å²) in [6.07, 6.45) is 0. The van der Waals surface area contributed by atoms with E-state index in [9.17, 15) is 4.79 Å². The Labute approximate surface area is 76.3 Å². The Balaban J connectivity index is 2.85. The minimum Gasteiger partial charge on any atom is -0.465 e. The van der Waals surface area contributed by atoms with Crippen LogP contribution in [0.25, 0.3) is 0 Å². The van der Waals surface area contributed by atoms with Crippen molar-refractivity contribution < 1.29 is 9.53 Å². The maximum atomic E-state index is 10.8. The predicted molar refractivity (Wildman–Crippen MR) is 48.4 cm³/mol. The van der Waals surface area contributed by atoms with Gasteiger partial charge in [-0.15, -0.1) is 11.3 Å². The first kappa shape index (κ1) is 8.00. The van der Waals surface area contributed by atoms with Gasteiger partial charge >= 0.3 is 5.97 Å². The molecule has 0 saturated heterocycles. The van der Waals surface area contributed by atoms with Gasteiger partial charge < -0.3 is 4.74 Å². The first-order valence-electron chi connectivity index (χ1n) is 2.56. The highest BCUT2D eigenvalue weighted by atomic mass is 127. The fourth-order valence-electron chi connectivity index (χ4n) is 0.521. The van der Waals surface area contributed by atoms with Gasteiger partial charge in [-0.2, -0.15) is 0 Å². The molecular weight excluding hydrogens is 263 g/mol. The minimum atomic E-state index is -0.257. The maximum Gasteiger partial charge on any atom is 0.348 e. The number of carbonyl (C=O) groups excluding carboxylic acids is 1. The number of thiophene rings is 1. The fraction of sp³-hybridized carbons (Fsp3) is 0.167. The van der Waals surface area contributed by atoms with E-state index in [1.807, 2.05) is 5.38 Å². The monoisotopic (exact) mass is 268 g/mol. The Bertz CT molecular complexity index is 244. The van der Waals surface area contributed by atoms with Crippen LogP contribution in [0.5, 0.6) is 0 Å². The van der Waals surface area contributed by atoms with E-state index in [4.69, 9.17) is 0 Å². The molecule has 1 rings (SSSR count). The first-order chi connectivity index (χ1) is 4.74. The lowest BCUT2D eigenvalue weighted by Crippen LogP contribution is -1.96. The van der Waals surface area contributed by atoms with E-state index < -0.39 is 0 Å². The molecule has 0 radical (unpaired) electrons. The van der Waals surface area contributed by atoms with Crippen molar-refractivity contribution in [2.75, 3.05) is 7.11 Å². The third-order valence-corrected chi connectivity index (χ3v) is 2.91. The van der Waals surface area contributed by atoms with Gasteiger partial charge in [0.1, 0.15) is 4.88 Å². The van der Waals surface area contributed by atoms with Crippen LogP contribution in [0, 0.1) is 3.57 Å². The Hall–Kier alpha value is -0.100. The van der Waals surface area contributed by atoms with Crippen LogP contribution in [0.4, 0.5) is 0 Å². The van der Waals surface area contributed by atoms with E-state index in [-0.39, 0.29) is 5.97 Å². The molecule has 4 heteroatoms. The fourth-order valence-corrected chi connectivity index (χ4v) is 2.11. The molecule has 0 aliphatic rings. The number of hydrogen-bond donors (Lipinski definition) is 0. The average molecular weight is 268 g/mol. The predicted octanol–water partition coefficient (Wildman–Crippen LogP) is 2.14. The Morgan fingerprint density at radius 3 is 2.90 bits per heavy atom. The molecule has 0 spiro atoms. The molecule has 1 aromatic heterocycles. The molecule has 0 aromatic carbocycles. The molecule has 0 saturated carbocycles. The smallest absolute Gasteiger partial charge is 0.348 e. The summed E-state index contributed by atoms with van der Waals surface area (Å²) < 4.78 is 5.59. The van der Waals surface area contributed by atoms with E-state index >= 15 is 0 Å². The number of rotatable bonds is 1.